The minimum Gasteiger partial charge on any atom is -0.460 e. The zero-order chi connectivity index (χ0) is 16.2. The van der Waals surface area contributed by atoms with Crippen LogP contribution < -0.4 is 5.32 Å². The van der Waals surface area contributed by atoms with Crippen LogP contribution in [0.1, 0.15) is 39.2 Å². The quantitative estimate of drug-likeness (QED) is 0.869. The van der Waals surface area contributed by atoms with Crippen LogP contribution in [0, 0.1) is 0 Å². The summed E-state index contributed by atoms with van der Waals surface area (Å²) in [7, 11) is 0. The Bertz CT molecular complexity index is 521. The molecule has 5 nitrogen and oxygen atoms in total. The number of rotatable bonds is 4. The zero-order valence-electron chi connectivity index (χ0n) is 13.3. The summed E-state index contributed by atoms with van der Waals surface area (Å²) in [6.45, 7) is 5.44. The lowest BCUT2D eigenvalue weighted by Crippen LogP contribution is -2.46. The lowest BCUT2D eigenvalue weighted by molar-refractivity contribution is -0.142. The van der Waals surface area contributed by atoms with Gasteiger partial charge >= 0.3 is 12.1 Å². The van der Waals surface area contributed by atoms with Gasteiger partial charge in [-0.2, -0.15) is 0 Å². The molecule has 0 unspecified atom stereocenters. The molecular formula is C17H23NO4. The van der Waals surface area contributed by atoms with E-state index in [9.17, 15) is 9.59 Å². The number of alkyl carbamates (subject to hydrolysis) is 1. The molecule has 1 fully saturated rings. The van der Waals surface area contributed by atoms with Crippen LogP contribution in [0.5, 0.6) is 0 Å². The molecule has 1 aliphatic rings. The van der Waals surface area contributed by atoms with Gasteiger partial charge in [-0.3, -0.25) is 4.79 Å². The summed E-state index contributed by atoms with van der Waals surface area (Å²) in [5, 5.41) is 2.85. The van der Waals surface area contributed by atoms with Gasteiger partial charge in [0.1, 0.15) is 11.7 Å². The first-order chi connectivity index (χ1) is 10.3. The van der Waals surface area contributed by atoms with Crippen LogP contribution in [0.4, 0.5) is 4.79 Å². The topological polar surface area (TPSA) is 64.6 Å². The zero-order valence-corrected chi connectivity index (χ0v) is 13.3. The van der Waals surface area contributed by atoms with Crippen LogP contribution in [0.3, 0.4) is 0 Å². The average molecular weight is 305 g/mol. The number of nitrogens with one attached hydrogen (secondary N) is 1. The number of cyclic esters (lactones) is 1. The molecule has 0 saturated carbocycles. The largest absolute Gasteiger partial charge is 0.460 e. The van der Waals surface area contributed by atoms with Gasteiger partial charge in [-0.05, 0) is 39.2 Å². The van der Waals surface area contributed by atoms with E-state index >= 15 is 0 Å². The normalized spacial score (nSPS) is 19.4. The van der Waals surface area contributed by atoms with Gasteiger partial charge in [0.15, 0.2) is 0 Å². The lowest BCUT2D eigenvalue weighted by atomic mass is 9.99. The first-order valence-corrected chi connectivity index (χ1v) is 7.56. The third-order valence-corrected chi connectivity index (χ3v) is 3.37. The van der Waals surface area contributed by atoms with Gasteiger partial charge in [0.25, 0.3) is 0 Å². The van der Waals surface area contributed by atoms with Crippen molar-refractivity contribution in [3.8, 4) is 0 Å². The number of ether oxygens (including phenoxy) is 2. The van der Waals surface area contributed by atoms with E-state index < -0.39 is 11.7 Å². The molecule has 2 atom stereocenters. The number of carbonyl (C=O) groups excluding carboxylic acids is 2. The van der Waals surface area contributed by atoms with Crippen LogP contribution in [-0.2, 0) is 20.7 Å². The van der Waals surface area contributed by atoms with Crippen molar-refractivity contribution in [2.45, 2.75) is 57.8 Å². The molecule has 0 bridgehead atoms. The van der Waals surface area contributed by atoms with Crippen LogP contribution in [-0.4, -0.2) is 29.8 Å². The highest BCUT2D eigenvalue weighted by molar-refractivity contribution is 5.72. The molecule has 1 aromatic rings. The Morgan fingerprint density at radius 3 is 2.59 bits per heavy atom. The second-order valence-electron chi connectivity index (χ2n) is 6.51. The molecule has 0 spiro atoms. The number of benzene rings is 1. The Hall–Kier alpha value is -2.04. The lowest BCUT2D eigenvalue weighted by Gasteiger charge is -2.26. The summed E-state index contributed by atoms with van der Waals surface area (Å²) in [6.07, 6.45) is 0.812. The van der Waals surface area contributed by atoms with Gasteiger partial charge in [0.2, 0.25) is 0 Å². The molecule has 1 aromatic carbocycles. The average Bonchev–Trinajstić information content (AvgIpc) is 2.84. The predicted molar refractivity (Wildman–Crippen MR) is 82.4 cm³/mol. The minimum absolute atomic E-state index is 0.214. The summed E-state index contributed by atoms with van der Waals surface area (Å²) in [5.41, 5.74) is 0.514. The van der Waals surface area contributed by atoms with Crippen molar-refractivity contribution >= 4 is 12.1 Å². The Labute approximate surface area is 131 Å². The number of hydrogen-bond donors (Lipinski definition) is 1. The molecule has 0 aliphatic carbocycles. The van der Waals surface area contributed by atoms with Crippen molar-refractivity contribution in [2.75, 3.05) is 0 Å². The van der Waals surface area contributed by atoms with Crippen LogP contribution in [0.25, 0.3) is 0 Å². The van der Waals surface area contributed by atoms with E-state index in [0.29, 0.717) is 19.3 Å². The summed E-state index contributed by atoms with van der Waals surface area (Å²) in [6, 6.07) is 9.51. The first-order valence-electron chi connectivity index (χ1n) is 7.56. The molecule has 0 radical (unpaired) electrons. The fourth-order valence-corrected chi connectivity index (χ4v) is 2.43. The standard InChI is InChI=1S/C17H23NO4/c1-17(2,3)22-16(20)18-13(14-9-10-15(19)21-14)11-12-7-5-4-6-8-12/h4-8,13-14H,9-11H2,1-3H3,(H,18,20)/t13-,14-/m0/s1. The molecule has 0 aromatic heterocycles. The van der Waals surface area contributed by atoms with Crippen LogP contribution in [0.2, 0.25) is 0 Å². The monoisotopic (exact) mass is 305 g/mol. The molecule has 2 rings (SSSR count). The highest BCUT2D eigenvalue weighted by Gasteiger charge is 2.33. The van der Waals surface area contributed by atoms with Crippen molar-refractivity contribution in [1.82, 2.24) is 5.32 Å². The molecule has 22 heavy (non-hydrogen) atoms. The summed E-state index contributed by atoms with van der Waals surface area (Å²) in [4.78, 5) is 23.4. The van der Waals surface area contributed by atoms with Gasteiger partial charge in [0.05, 0.1) is 6.04 Å². The highest BCUT2D eigenvalue weighted by Crippen LogP contribution is 2.20. The summed E-state index contributed by atoms with van der Waals surface area (Å²) < 4.78 is 10.6. The fourth-order valence-electron chi connectivity index (χ4n) is 2.43. The number of carbonyl (C=O) groups is 2. The van der Waals surface area contributed by atoms with E-state index in [1.165, 1.54) is 0 Å². The van der Waals surface area contributed by atoms with Gasteiger partial charge < -0.3 is 14.8 Å². The maximum atomic E-state index is 12.0. The maximum absolute atomic E-state index is 12.0. The van der Waals surface area contributed by atoms with Gasteiger partial charge in [-0.25, -0.2) is 4.79 Å². The van der Waals surface area contributed by atoms with Gasteiger partial charge in [0, 0.05) is 6.42 Å². The Kier molecular flexibility index (Phi) is 5.06. The SMILES string of the molecule is CC(C)(C)OC(=O)N[C@@H](Cc1ccccc1)[C@@H]1CCC(=O)O1. The summed E-state index contributed by atoms with van der Waals surface area (Å²) >= 11 is 0. The molecule has 1 saturated heterocycles. The van der Waals surface area contributed by atoms with E-state index in [0.717, 1.165) is 5.56 Å². The smallest absolute Gasteiger partial charge is 0.408 e. The Balaban J connectivity index is 2.04. The maximum Gasteiger partial charge on any atom is 0.408 e. The summed E-state index contributed by atoms with van der Waals surface area (Å²) in [5.74, 6) is -0.214. The van der Waals surface area contributed by atoms with E-state index in [1.807, 2.05) is 51.1 Å². The second-order valence-corrected chi connectivity index (χ2v) is 6.51. The molecule has 5 heteroatoms. The van der Waals surface area contributed by atoms with Crippen molar-refractivity contribution in [2.24, 2.45) is 0 Å². The Morgan fingerprint density at radius 1 is 1.36 bits per heavy atom. The molecule has 1 N–H and O–H groups in total. The van der Waals surface area contributed by atoms with Crippen molar-refractivity contribution in [1.29, 1.82) is 0 Å². The van der Waals surface area contributed by atoms with Gasteiger partial charge in [-0.1, -0.05) is 30.3 Å². The van der Waals surface area contributed by atoms with E-state index in [4.69, 9.17) is 9.47 Å². The van der Waals surface area contributed by atoms with Crippen LogP contribution >= 0.6 is 0 Å². The third kappa shape index (κ3) is 5.06. The highest BCUT2D eigenvalue weighted by atomic mass is 16.6. The van der Waals surface area contributed by atoms with Crippen molar-refractivity contribution < 1.29 is 19.1 Å². The molecule has 120 valence electrons. The minimum atomic E-state index is -0.562. The first kappa shape index (κ1) is 16.3. The molecule has 1 amide bonds. The van der Waals surface area contributed by atoms with Crippen LogP contribution in [0.15, 0.2) is 30.3 Å². The number of esters is 1. The van der Waals surface area contributed by atoms with E-state index in [2.05, 4.69) is 5.32 Å². The second kappa shape index (κ2) is 6.81. The van der Waals surface area contributed by atoms with E-state index in [1.54, 1.807) is 0 Å². The number of hydrogen-bond acceptors (Lipinski definition) is 4. The molecular weight excluding hydrogens is 282 g/mol. The number of amides is 1. The Morgan fingerprint density at radius 2 is 2.05 bits per heavy atom. The fraction of sp³-hybridized carbons (Fsp3) is 0.529. The third-order valence-electron chi connectivity index (χ3n) is 3.37. The molecule has 1 aliphatic heterocycles. The predicted octanol–water partition coefficient (Wildman–Crippen LogP) is 2.83. The van der Waals surface area contributed by atoms with Crippen molar-refractivity contribution in [3.63, 3.8) is 0 Å². The van der Waals surface area contributed by atoms with E-state index in [-0.39, 0.29) is 18.1 Å². The molecule has 1 heterocycles. The van der Waals surface area contributed by atoms with Crippen molar-refractivity contribution in [3.05, 3.63) is 35.9 Å². The van der Waals surface area contributed by atoms with Gasteiger partial charge in [-0.15, -0.1) is 0 Å².